The van der Waals surface area contributed by atoms with E-state index in [0.29, 0.717) is 12.5 Å². The van der Waals surface area contributed by atoms with Crippen LogP contribution >= 0.6 is 0 Å². The normalized spacial score (nSPS) is 10.8. The molecule has 0 atom stereocenters. The fourth-order valence-electron chi connectivity index (χ4n) is 2.48. The number of rotatable bonds is 5. The molecule has 4 heteroatoms. The van der Waals surface area contributed by atoms with Crippen molar-refractivity contribution in [2.24, 2.45) is 5.92 Å². The highest BCUT2D eigenvalue weighted by molar-refractivity contribution is 5.68. The van der Waals surface area contributed by atoms with Crippen molar-refractivity contribution in [3.63, 3.8) is 0 Å². The molecule has 0 radical (unpaired) electrons. The van der Waals surface area contributed by atoms with Crippen molar-refractivity contribution in [2.45, 2.75) is 40.3 Å². The molecule has 0 N–H and O–H groups in total. The minimum Gasteiger partial charge on any atom is -0.490 e. The maximum atomic E-state index is 12.6. The summed E-state index contributed by atoms with van der Waals surface area (Å²) in [7, 11) is 0. The number of aromatic nitrogens is 1. The van der Waals surface area contributed by atoms with Crippen LogP contribution in [0, 0.1) is 17.2 Å². The Morgan fingerprint density at radius 1 is 1.13 bits per heavy atom. The summed E-state index contributed by atoms with van der Waals surface area (Å²) < 4.78 is 7.55. The Labute approximate surface area is 137 Å². The van der Waals surface area contributed by atoms with E-state index in [1.54, 1.807) is 10.6 Å². The molecular formula is C19H22N2O2. The summed E-state index contributed by atoms with van der Waals surface area (Å²) in [4.78, 5) is 12.6. The van der Waals surface area contributed by atoms with Gasteiger partial charge >= 0.3 is 0 Å². The van der Waals surface area contributed by atoms with Gasteiger partial charge in [-0.1, -0.05) is 26.0 Å². The standard InChI is InChI=1S/C19H22N2O2/c1-13(2)12-21-17(10-9-15(11-20)19(21)22)16-7-5-6-8-18(16)23-14(3)4/h5-10,13-14H,12H2,1-4H3. The average Bonchev–Trinajstić information content (AvgIpc) is 2.49. The fraction of sp³-hybridized carbons (Fsp3) is 0.368. The summed E-state index contributed by atoms with van der Waals surface area (Å²) in [5.74, 6) is 1.03. The first kappa shape index (κ1) is 16.8. The zero-order valence-electron chi connectivity index (χ0n) is 14.0. The van der Waals surface area contributed by atoms with E-state index in [1.165, 1.54) is 0 Å². The van der Waals surface area contributed by atoms with Gasteiger partial charge in [-0.05, 0) is 44.0 Å². The quantitative estimate of drug-likeness (QED) is 0.843. The minimum absolute atomic E-state index is 0.0415. The van der Waals surface area contributed by atoms with Crippen molar-refractivity contribution in [1.82, 2.24) is 4.57 Å². The zero-order valence-corrected chi connectivity index (χ0v) is 14.0. The summed E-state index contributed by atoms with van der Waals surface area (Å²) >= 11 is 0. The van der Waals surface area contributed by atoms with Crippen molar-refractivity contribution in [3.05, 3.63) is 52.3 Å². The predicted octanol–water partition coefficient (Wildman–Crippen LogP) is 3.83. The lowest BCUT2D eigenvalue weighted by Gasteiger charge is -2.19. The highest BCUT2D eigenvalue weighted by atomic mass is 16.5. The highest BCUT2D eigenvalue weighted by Crippen LogP contribution is 2.30. The molecule has 1 aromatic heterocycles. The summed E-state index contributed by atoms with van der Waals surface area (Å²) in [6.45, 7) is 8.59. The first-order chi connectivity index (χ1) is 10.9. The molecule has 0 saturated heterocycles. The van der Waals surface area contributed by atoms with Crippen LogP contribution in [0.2, 0.25) is 0 Å². The molecule has 0 aliphatic rings. The lowest BCUT2D eigenvalue weighted by atomic mass is 10.1. The Morgan fingerprint density at radius 2 is 1.83 bits per heavy atom. The van der Waals surface area contributed by atoms with E-state index in [-0.39, 0.29) is 17.2 Å². The molecule has 0 unspecified atom stereocenters. The SMILES string of the molecule is CC(C)Cn1c(-c2ccccc2OC(C)C)ccc(C#N)c1=O. The minimum atomic E-state index is -0.252. The van der Waals surface area contributed by atoms with Crippen LogP contribution in [-0.4, -0.2) is 10.7 Å². The summed E-state index contributed by atoms with van der Waals surface area (Å²) in [5.41, 5.74) is 1.55. The average molecular weight is 310 g/mol. The summed E-state index contributed by atoms with van der Waals surface area (Å²) in [5, 5.41) is 9.12. The molecule has 0 bridgehead atoms. The monoisotopic (exact) mass is 310 g/mol. The Bertz CT molecular complexity index is 783. The Balaban J connectivity index is 2.67. The van der Waals surface area contributed by atoms with Crippen LogP contribution in [0.3, 0.4) is 0 Å². The molecule has 0 aliphatic heterocycles. The Morgan fingerprint density at radius 3 is 2.43 bits per heavy atom. The molecule has 0 spiro atoms. The lowest BCUT2D eigenvalue weighted by molar-refractivity contribution is 0.243. The van der Waals surface area contributed by atoms with E-state index in [4.69, 9.17) is 10.00 Å². The van der Waals surface area contributed by atoms with Crippen molar-refractivity contribution in [1.29, 1.82) is 5.26 Å². The number of nitrogens with zero attached hydrogens (tertiary/aromatic N) is 2. The van der Waals surface area contributed by atoms with Crippen molar-refractivity contribution >= 4 is 0 Å². The van der Waals surface area contributed by atoms with E-state index < -0.39 is 0 Å². The molecule has 0 fully saturated rings. The van der Waals surface area contributed by atoms with Gasteiger partial charge in [-0.3, -0.25) is 4.79 Å². The number of ether oxygens (including phenoxy) is 1. The van der Waals surface area contributed by atoms with Gasteiger partial charge in [-0.15, -0.1) is 0 Å². The largest absolute Gasteiger partial charge is 0.490 e. The molecular weight excluding hydrogens is 288 g/mol. The Hall–Kier alpha value is -2.54. The van der Waals surface area contributed by atoms with Gasteiger partial charge in [0.05, 0.1) is 11.8 Å². The van der Waals surface area contributed by atoms with Gasteiger partial charge < -0.3 is 9.30 Å². The molecule has 4 nitrogen and oxygen atoms in total. The second-order valence-corrected chi connectivity index (χ2v) is 6.22. The van der Waals surface area contributed by atoms with Crippen molar-refractivity contribution < 1.29 is 4.74 Å². The summed E-state index contributed by atoms with van der Waals surface area (Å²) in [6.07, 6.45) is 0.0415. The summed E-state index contributed by atoms with van der Waals surface area (Å²) in [6, 6.07) is 13.1. The van der Waals surface area contributed by atoms with E-state index in [9.17, 15) is 4.79 Å². The number of benzene rings is 1. The molecule has 1 heterocycles. The smallest absolute Gasteiger partial charge is 0.268 e. The van der Waals surface area contributed by atoms with Gasteiger partial charge in [0.1, 0.15) is 17.4 Å². The topological polar surface area (TPSA) is 55.0 Å². The van der Waals surface area contributed by atoms with E-state index in [0.717, 1.165) is 17.0 Å². The number of hydrogen-bond acceptors (Lipinski definition) is 3. The maximum Gasteiger partial charge on any atom is 0.268 e. The lowest BCUT2D eigenvalue weighted by Crippen LogP contribution is -2.26. The Kier molecular flexibility index (Phi) is 5.23. The molecule has 120 valence electrons. The van der Waals surface area contributed by atoms with Gasteiger partial charge in [0, 0.05) is 12.1 Å². The number of hydrogen-bond donors (Lipinski definition) is 0. The highest BCUT2D eigenvalue weighted by Gasteiger charge is 2.15. The third-order valence-electron chi connectivity index (χ3n) is 3.37. The molecule has 2 aromatic rings. The second-order valence-electron chi connectivity index (χ2n) is 6.22. The fourth-order valence-corrected chi connectivity index (χ4v) is 2.48. The number of nitriles is 1. The van der Waals surface area contributed by atoms with Crippen LogP contribution in [0.25, 0.3) is 11.3 Å². The predicted molar refractivity (Wildman–Crippen MR) is 91.5 cm³/mol. The molecule has 2 rings (SSSR count). The van der Waals surface area contributed by atoms with Gasteiger partial charge in [-0.25, -0.2) is 0 Å². The van der Waals surface area contributed by atoms with Crippen LogP contribution in [-0.2, 0) is 6.54 Å². The number of para-hydroxylation sites is 1. The molecule has 1 aromatic carbocycles. The van der Waals surface area contributed by atoms with E-state index in [2.05, 4.69) is 0 Å². The van der Waals surface area contributed by atoms with Crippen LogP contribution in [0.1, 0.15) is 33.3 Å². The van der Waals surface area contributed by atoms with Gasteiger partial charge in [-0.2, -0.15) is 5.26 Å². The van der Waals surface area contributed by atoms with Crippen LogP contribution in [0.4, 0.5) is 0 Å². The van der Waals surface area contributed by atoms with E-state index in [1.807, 2.05) is 64.1 Å². The van der Waals surface area contributed by atoms with Crippen molar-refractivity contribution in [3.8, 4) is 23.1 Å². The first-order valence-electron chi connectivity index (χ1n) is 7.84. The van der Waals surface area contributed by atoms with E-state index >= 15 is 0 Å². The maximum absolute atomic E-state index is 12.6. The van der Waals surface area contributed by atoms with Crippen LogP contribution in [0.5, 0.6) is 5.75 Å². The van der Waals surface area contributed by atoms with Crippen LogP contribution < -0.4 is 10.3 Å². The van der Waals surface area contributed by atoms with Crippen molar-refractivity contribution in [2.75, 3.05) is 0 Å². The van der Waals surface area contributed by atoms with Gasteiger partial charge in [0.15, 0.2) is 0 Å². The third kappa shape index (κ3) is 3.81. The zero-order chi connectivity index (χ0) is 17.0. The molecule has 0 aliphatic carbocycles. The van der Waals surface area contributed by atoms with Crippen LogP contribution in [0.15, 0.2) is 41.2 Å². The van der Waals surface area contributed by atoms with Gasteiger partial charge in [0.2, 0.25) is 0 Å². The second kappa shape index (κ2) is 7.15. The van der Waals surface area contributed by atoms with Gasteiger partial charge in [0.25, 0.3) is 5.56 Å². The molecule has 0 amide bonds. The third-order valence-corrected chi connectivity index (χ3v) is 3.37. The number of pyridine rings is 1. The molecule has 0 saturated carbocycles. The first-order valence-corrected chi connectivity index (χ1v) is 7.84. The molecule has 23 heavy (non-hydrogen) atoms.